The summed E-state index contributed by atoms with van der Waals surface area (Å²) in [6.07, 6.45) is 0. The lowest BCUT2D eigenvalue weighted by molar-refractivity contribution is 0.100. The van der Waals surface area contributed by atoms with Gasteiger partial charge in [-0.05, 0) is 32.0 Å². The number of aromatic nitrogens is 1. The first-order valence-corrected chi connectivity index (χ1v) is 5.63. The minimum atomic E-state index is -0.443. The van der Waals surface area contributed by atoms with Crippen LogP contribution >= 0.6 is 0 Å². The second kappa shape index (κ2) is 4.91. The molecular weight excluding hydrogens is 230 g/mol. The van der Waals surface area contributed by atoms with Crippen LogP contribution in [-0.4, -0.2) is 10.9 Å². The molecule has 0 fully saturated rings. The number of oxazole rings is 1. The summed E-state index contributed by atoms with van der Waals surface area (Å²) < 4.78 is 5.45. The first-order valence-electron chi connectivity index (χ1n) is 5.63. The van der Waals surface area contributed by atoms with Gasteiger partial charge in [-0.3, -0.25) is 4.79 Å². The Bertz CT molecular complexity index is 556. The van der Waals surface area contributed by atoms with Gasteiger partial charge in [-0.15, -0.1) is 0 Å². The predicted molar refractivity (Wildman–Crippen MR) is 68.3 cm³/mol. The van der Waals surface area contributed by atoms with Crippen molar-refractivity contribution in [3.63, 3.8) is 0 Å². The second-order valence-corrected chi connectivity index (χ2v) is 4.05. The molecule has 2 aromatic rings. The Balaban J connectivity index is 2.06. The van der Waals surface area contributed by atoms with Gasteiger partial charge in [0.1, 0.15) is 5.76 Å². The normalized spacial score (nSPS) is 10.3. The van der Waals surface area contributed by atoms with Crippen LogP contribution in [0.15, 0.2) is 28.7 Å². The molecule has 18 heavy (non-hydrogen) atoms. The molecule has 2 rings (SSSR count). The highest BCUT2D eigenvalue weighted by molar-refractivity contribution is 5.93. The highest BCUT2D eigenvalue weighted by atomic mass is 16.4. The van der Waals surface area contributed by atoms with Gasteiger partial charge in [0.25, 0.3) is 0 Å². The molecule has 1 aromatic carbocycles. The van der Waals surface area contributed by atoms with E-state index >= 15 is 0 Å². The lowest BCUT2D eigenvalue weighted by atomic mass is 10.2. The van der Waals surface area contributed by atoms with Gasteiger partial charge in [-0.2, -0.15) is 0 Å². The Morgan fingerprint density at radius 2 is 2.22 bits per heavy atom. The summed E-state index contributed by atoms with van der Waals surface area (Å²) in [4.78, 5) is 15.3. The monoisotopic (exact) mass is 245 g/mol. The van der Waals surface area contributed by atoms with Gasteiger partial charge in [0.15, 0.2) is 0 Å². The number of nitrogens with zero attached hydrogens (tertiary/aromatic N) is 1. The third-order valence-electron chi connectivity index (χ3n) is 2.66. The number of rotatable bonds is 4. The third-order valence-corrected chi connectivity index (χ3v) is 2.66. The molecule has 5 heteroatoms. The molecule has 0 saturated heterocycles. The number of benzene rings is 1. The molecule has 0 bridgehead atoms. The highest BCUT2D eigenvalue weighted by Gasteiger charge is 2.06. The third kappa shape index (κ3) is 2.68. The van der Waals surface area contributed by atoms with Gasteiger partial charge in [-0.1, -0.05) is 6.07 Å². The number of nitrogens with one attached hydrogen (secondary N) is 1. The quantitative estimate of drug-likeness (QED) is 0.863. The maximum atomic E-state index is 11.0. The molecule has 0 unspecified atom stereocenters. The highest BCUT2D eigenvalue weighted by Crippen LogP contribution is 2.13. The smallest absolute Gasteiger partial charge is 0.248 e. The first-order chi connectivity index (χ1) is 8.56. The van der Waals surface area contributed by atoms with Crippen LogP contribution < -0.4 is 11.1 Å². The van der Waals surface area contributed by atoms with Crippen molar-refractivity contribution < 1.29 is 9.21 Å². The number of hydrogen-bond donors (Lipinski definition) is 2. The topological polar surface area (TPSA) is 81.1 Å². The Morgan fingerprint density at radius 3 is 2.83 bits per heavy atom. The Morgan fingerprint density at radius 1 is 1.44 bits per heavy atom. The van der Waals surface area contributed by atoms with E-state index in [1.165, 1.54) is 0 Å². The average molecular weight is 245 g/mol. The maximum absolute atomic E-state index is 11.0. The number of carbonyl (C=O) groups excluding carboxylic acids is 1. The fourth-order valence-corrected chi connectivity index (χ4v) is 1.57. The molecule has 1 aromatic heterocycles. The van der Waals surface area contributed by atoms with Gasteiger partial charge < -0.3 is 15.5 Å². The summed E-state index contributed by atoms with van der Waals surface area (Å²) in [6, 6.07) is 7.00. The number of anilines is 1. The van der Waals surface area contributed by atoms with Crippen molar-refractivity contribution in [2.24, 2.45) is 5.73 Å². The minimum absolute atomic E-state index is 0.443. The first kappa shape index (κ1) is 12.2. The van der Waals surface area contributed by atoms with Crippen LogP contribution in [0.4, 0.5) is 5.69 Å². The summed E-state index contributed by atoms with van der Waals surface area (Å²) in [6.45, 7) is 4.24. The van der Waals surface area contributed by atoms with Gasteiger partial charge in [-0.25, -0.2) is 4.98 Å². The number of aryl methyl sites for hydroxylation is 2. The molecule has 94 valence electrons. The van der Waals surface area contributed by atoms with Crippen molar-refractivity contribution in [2.75, 3.05) is 5.32 Å². The van der Waals surface area contributed by atoms with Gasteiger partial charge in [0, 0.05) is 11.3 Å². The van der Waals surface area contributed by atoms with Crippen molar-refractivity contribution in [2.45, 2.75) is 20.4 Å². The van der Waals surface area contributed by atoms with E-state index in [1.54, 1.807) is 18.2 Å². The fraction of sp³-hybridized carbons (Fsp3) is 0.231. The zero-order chi connectivity index (χ0) is 13.1. The van der Waals surface area contributed by atoms with E-state index in [1.807, 2.05) is 19.9 Å². The van der Waals surface area contributed by atoms with Crippen molar-refractivity contribution in [3.05, 3.63) is 47.2 Å². The van der Waals surface area contributed by atoms with Crippen LogP contribution in [-0.2, 0) is 6.54 Å². The van der Waals surface area contributed by atoms with E-state index in [4.69, 9.17) is 10.2 Å². The second-order valence-electron chi connectivity index (χ2n) is 4.05. The molecule has 1 heterocycles. The Labute approximate surface area is 105 Å². The average Bonchev–Trinajstić information content (AvgIpc) is 2.67. The van der Waals surface area contributed by atoms with Crippen molar-refractivity contribution in [1.82, 2.24) is 4.98 Å². The van der Waals surface area contributed by atoms with Crippen LogP contribution in [0.2, 0.25) is 0 Å². The summed E-state index contributed by atoms with van der Waals surface area (Å²) in [5, 5.41) is 3.13. The molecule has 0 aliphatic rings. The molecule has 0 aliphatic heterocycles. The Hall–Kier alpha value is -2.30. The Kier molecular flexibility index (Phi) is 3.32. The molecule has 0 radical (unpaired) electrons. The van der Waals surface area contributed by atoms with Crippen molar-refractivity contribution >= 4 is 11.6 Å². The lowest BCUT2D eigenvalue weighted by Crippen LogP contribution is -2.11. The number of carbonyl (C=O) groups is 1. The lowest BCUT2D eigenvalue weighted by Gasteiger charge is -2.04. The van der Waals surface area contributed by atoms with Crippen LogP contribution in [0, 0.1) is 13.8 Å². The SMILES string of the molecule is Cc1nc(CNc2cccc(C(N)=O)c2)oc1C. The molecular formula is C13H15N3O2. The summed E-state index contributed by atoms with van der Waals surface area (Å²) in [7, 11) is 0. The van der Waals surface area contributed by atoms with E-state index < -0.39 is 5.91 Å². The molecule has 5 nitrogen and oxygen atoms in total. The molecule has 1 amide bonds. The predicted octanol–water partition coefficient (Wildman–Crippen LogP) is 2.00. The molecule has 0 aliphatic carbocycles. The summed E-state index contributed by atoms with van der Waals surface area (Å²) in [5.74, 6) is 0.994. The standard InChI is InChI=1S/C13H15N3O2/c1-8-9(2)18-12(16-8)7-15-11-5-3-4-10(6-11)13(14)17/h3-6,15H,7H2,1-2H3,(H2,14,17). The molecule has 3 N–H and O–H groups in total. The van der Waals surface area contributed by atoms with Crippen LogP contribution in [0.3, 0.4) is 0 Å². The summed E-state index contributed by atoms with van der Waals surface area (Å²) in [5.41, 5.74) is 7.38. The molecule has 0 atom stereocenters. The largest absolute Gasteiger partial charge is 0.444 e. The van der Waals surface area contributed by atoms with E-state index in [2.05, 4.69) is 10.3 Å². The van der Waals surface area contributed by atoms with Crippen molar-refractivity contribution in [1.29, 1.82) is 0 Å². The number of hydrogen-bond acceptors (Lipinski definition) is 4. The van der Waals surface area contributed by atoms with Crippen LogP contribution in [0.5, 0.6) is 0 Å². The molecule has 0 saturated carbocycles. The zero-order valence-electron chi connectivity index (χ0n) is 10.4. The van der Waals surface area contributed by atoms with E-state index in [9.17, 15) is 4.79 Å². The molecule has 0 spiro atoms. The van der Waals surface area contributed by atoms with E-state index in [-0.39, 0.29) is 0 Å². The van der Waals surface area contributed by atoms with Crippen LogP contribution in [0.25, 0.3) is 0 Å². The van der Waals surface area contributed by atoms with E-state index in [0.29, 0.717) is 18.0 Å². The zero-order valence-corrected chi connectivity index (χ0v) is 10.4. The fourth-order valence-electron chi connectivity index (χ4n) is 1.57. The maximum Gasteiger partial charge on any atom is 0.248 e. The number of nitrogens with two attached hydrogens (primary N) is 1. The summed E-state index contributed by atoms with van der Waals surface area (Å²) >= 11 is 0. The van der Waals surface area contributed by atoms with E-state index in [0.717, 1.165) is 17.1 Å². The van der Waals surface area contributed by atoms with Gasteiger partial charge >= 0.3 is 0 Å². The number of primary amides is 1. The number of amides is 1. The minimum Gasteiger partial charge on any atom is -0.444 e. The van der Waals surface area contributed by atoms with Gasteiger partial charge in [0.05, 0.1) is 12.2 Å². The van der Waals surface area contributed by atoms with Crippen LogP contribution in [0.1, 0.15) is 27.7 Å². The van der Waals surface area contributed by atoms with Crippen molar-refractivity contribution in [3.8, 4) is 0 Å². The van der Waals surface area contributed by atoms with Gasteiger partial charge in [0.2, 0.25) is 11.8 Å².